The van der Waals surface area contributed by atoms with Gasteiger partial charge in [0.15, 0.2) is 5.13 Å². The maximum Gasteiger partial charge on any atom is 0.225 e. The Balaban J connectivity index is 1.96. The van der Waals surface area contributed by atoms with E-state index in [0.29, 0.717) is 19.1 Å². The van der Waals surface area contributed by atoms with E-state index < -0.39 is 10.0 Å². The number of carbonyl (C=O) groups excluding carboxylic acids is 1. The van der Waals surface area contributed by atoms with Crippen LogP contribution in [0.5, 0.6) is 0 Å². The number of thiazole rings is 1. The number of carbonyl (C=O) groups is 1. The van der Waals surface area contributed by atoms with Gasteiger partial charge in [0.25, 0.3) is 0 Å². The van der Waals surface area contributed by atoms with Crippen LogP contribution in [-0.2, 0) is 21.4 Å². The maximum atomic E-state index is 11.7. The largest absolute Gasteiger partial charge is 0.294 e. The lowest BCUT2D eigenvalue weighted by Gasteiger charge is -2.35. The Labute approximate surface area is 154 Å². The maximum absolute atomic E-state index is 11.7. The predicted octanol–water partition coefficient (Wildman–Crippen LogP) is 1.81. The van der Waals surface area contributed by atoms with Crippen LogP contribution >= 0.6 is 11.3 Å². The molecule has 0 saturated carbocycles. The first kappa shape index (κ1) is 20.3. The molecule has 0 radical (unpaired) electrons. The van der Waals surface area contributed by atoms with Crippen LogP contribution in [-0.4, -0.2) is 56.1 Å². The van der Waals surface area contributed by atoms with Gasteiger partial charge in [-0.3, -0.25) is 14.6 Å². The number of nitrogens with zero attached hydrogens (tertiary/aromatic N) is 3. The SMILES string of the molecule is CCN(C(C)=O)c1nc(CN2CCCC[C@@H]2CCNS(C)(=O)=O)cs1. The van der Waals surface area contributed by atoms with Gasteiger partial charge in [-0.15, -0.1) is 11.3 Å². The molecule has 1 aliphatic rings. The molecule has 1 amide bonds. The van der Waals surface area contributed by atoms with Crippen molar-refractivity contribution in [1.29, 1.82) is 0 Å². The van der Waals surface area contributed by atoms with Crippen LogP contribution in [0, 0.1) is 0 Å². The van der Waals surface area contributed by atoms with Gasteiger partial charge in [0, 0.05) is 38.0 Å². The van der Waals surface area contributed by atoms with E-state index >= 15 is 0 Å². The molecule has 7 nitrogen and oxygen atoms in total. The summed E-state index contributed by atoms with van der Waals surface area (Å²) in [6.45, 7) is 6.33. The molecule has 2 heterocycles. The zero-order valence-corrected chi connectivity index (χ0v) is 16.8. The Morgan fingerprint density at radius 2 is 2.24 bits per heavy atom. The molecule has 1 saturated heterocycles. The summed E-state index contributed by atoms with van der Waals surface area (Å²) in [5.41, 5.74) is 0.975. The van der Waals surface area contributed by atoms with Crippen molar-refractivity contribution < 1.29 is 13.2 Å². The summed E-state index contributed by atoms with van der Waals surface area (Å²) in [7, 11) is -3.14. The van der Waals surface area contributed by atoms with E-state index in [1.165, 1.54) is 24.0 Å². The van der Waals surface area contributed by atoms with Crippen molar-refractivity contribution in [3.63, 3.8) is 0 Å². The van der Waals surface area contributed by atoms with Crippen LogP contribution in [0.3, 0.4) is 0 Å². The second-order valence-electron chi connectivity index (χ2n) is 6.46. The zero-order valence-electron chi connectivity index (χ0n) is 15.2. The number of aromatic nitrogens is 1. The van der Waals surface area contributed by atoms with Crippen molar-refractivity contribution in [1.82, 2.24) is 14.6 Å². The zero-order chi connectivity index (χ0) is 18.4. The summed E-state index contributed by atoms with van der Waals surface area (Å²) in [5.74, 6) is 0.00565. The molecule has 1 fully saturated rings. The monoisotopic (exact) mass is 388 g/mol. The van der Waals surface area contributed by atoms with Gasteiger partial charge < -0.3 is 0 Å². The second kappa shape index (κ2) is 9.07. The fourth-order valence-corrected chi connectivity index (χ4v) is 4.61. The first-order chi connectivity index (χ1) is 11.8. The second-order valence-corrected chi connectivity index (χ2v) is 9.13. The van der Waals surface area contributed by atoms with Crippen LogP contribution in [0.4, 0.5) is 5.13 Å². The number of anilines is 1. The molecule has 1 atom stereocenters. The van der Waals surface area contributed by atoms with Crippen molar-refractivity contribution in [2.24, 2.45) is 0 Å². The topological polar surface area (TPSA) is 82.6 Å². The van der Waals surface area contributed by atoms with Gasteiger partial charge >= 0.3 is 0 Å². The molecule has 0 aliphatic carbocycles. The molecule has 1 N–H and O–H groups in total. The number of likely N-dealkylation sites (tertiary alicyclic amines) is 1. The lowest BCUT2D eigenvalue weighted by Crippen LogP contribution is -2.41. The molecule has 0 bridgehead atoms. The minimum absolute atomic E-state index is 0.00565. The molecule has 1 aromatic rings. The van der Waals surface area contributed by atoms with Crippen molar-refractivity contribution in [3.05, 3.63) is 11.1 Å². The molecule has 142 valence electrons. The van der Waals surface area contributed by atoms with Crippen LogP contribution < -0.4 is 9.62 Å². The number of amides is 1. The summed E-state index contributed by atoms with van der Waals surface area (Å²) in [6, 6.07) is 0.364. The van der Waals surface area contributed by atoms with E-state index in [2.05, 4.69) is 14.6 Å². The highest BCUT2D eigenvalue weighted by Gasteiger charge is 2.24. The van der Waals surface area contributed by atoms with Crippen molar-refractivity contribution in [3.8, 4) is 0 Å². The van der Waals surface area contributed by atoms with Gasteiger partial charge in [0.2, 0.25) is 15.9 Å². The average Bonchev–Trinajstić information content (AvgIpc) is 2.96. The predicted molar refractivity (Wildman–Crippen MR) is 101 cm³/mol. The Hall–Kier alpha value is -1.03. The third-order valence-electron chi connectivity index (χ3n) is 4.42. The molecule has 1 aromatic heterocycles. The van der Waals surface area contributed by atoms with Gasteiger partial charge in [-0.05, 0) is 32.7 Å². The summed E-state index contributed by atoms with van der Waals surface area (Å²) >= 11 is 1.50. The number of hydrogen-bond donors (Lipinski definition) is 1. The molecule has 1 aliphatic heterocycles. The third kappa shape index (κ3) is 6.32. The highest BCUT2D eigenvalue weighted by molar-refractivity contribution is 7.88. The number of nitrogens with one attached hydrogen (secondary N) is 1. The molecular formula is C16H28N4O3S2. The molecule has 2 rings (SSSR count). The number of sulfonamides is 1. The smallest absolute Gasteiger partial charge is 0.225 e. The molecule has 0 unspecified atom stereocenters. The summed E-state index contributed by atoms with van der Waals surface area (Å²) in [5, 5.41) is 2.76. The first-order valence-corrected chi connectivity index (χ1v) is 11.5. The third-order valence-corrected chi connectivity index (χ3v) is 6.06. The summed E-state index contributed by atoms with van der Waals surface area (Å²) in [4.78, 5) is 20.3. The first-order valence-electron chi connectivity index (χ1n) is 8.71. The fourth-order valence-electron chi connectivity index (χ4n) is 3.20. The molecule has 0 aromatic carbocycles. The average molecular weight is 389 g/mol. The highest BCUT2D eigenvalue weighted by atomic mass is 32.2. The van der Waals surface area contributed by atoms with Crippen LogP contribution in [0.25, 0.3) is 0 Å². The Morgan fingerprint density at radius 3 is 2.88 bits per heavy atom. The van der Waals surface area contributed by atoms with Gasteiger partial charge in [0.05, 0.1) is 11.9 Å². The van der Waals surface area contributed by atoms with E-state index in [4.69, 9.17) is 0 Å². The van der Waals surface area contributed by atoms with E-state index in [-0.39, 0.29) is 5.91 Å². The minimum atomic E-state index is -3.14. The van der Waals surface area contributed by atoms with Crippen LogP contribution in [0.1, 0.15) is 45.2 Å². The van der Waals surface area contributed by atoms with Crippen molar-refractivity contribution >= 4 is 32.4 Å². The van der Waals surface area contributed by atoms with Crippen molar-refractivity contribution in [2.75, 3.05) is 30.8 Å². The van der Waals surface area contributed by atoms with Gasteiger partial charge in [-0.2, -0.15) is 0 Å². The summed E-state index contributed by atoms with van der Waals surface area (Å²) < 4.78 is 25.0. The number of piperidine rings is 1. The van der Waals surface area contributed by atoms with E-state index in [0.717, 1.165) is 43.2 Å². The Kier molecular flexibility index (Phi) is 7.36. The minimum Gasteiger partial charge on any atom is -0.294 e. The standard InChI is InChI=1S/C16H28N4O3S2/c1-4-20(13(2)21)16-18-14(12-24-16)11-19-10-6-5-7-15(19)8-9-17-25(3,22)23/h12,15,17H,4-11H2,1-3H3/t15-/m1/s1. The van der Waals surface area contributed by atoms with Crippen molar-refractivity contribution in [2.45, 2.75) is 52.1 Å². The number of hydrogen-bond acceptors (Lipinski definition) is 6. The number of rotatable bonds is 8. The normalized spacial score (nSPS) is 19.1. The van der Waals surface area contributed by atoms with Gasteiger partial charge in [-0.1, -0.05) is 6.42 Å². The molecule has 0 spiro atoms. The molecule has 9 heteroatoms. The lowest BCUT2D eigenvalue weighted by molar-refractivity contribution is -0.116. The molecular weight excluding hydrogens is 360 g/mol. The van der Waals surface area contributed by atoms with E-state index in [9.17, 15) is 13.2 Å². The lowest BCUT2D eigenvalue weighted by atomic mass is 9.99. The van der Waals surface area contributed by atoms with Crippen LogP contribution in [0.2, 0.25) is 0 Å². The Bertz CT molecular complexity index is 675. The van der Waals surface area contributed by atoms with Crippen LogP contribution in [0.15, 0.2) is 5.38 Å². The fraction of sp³-hybridized carbons (Fsp3) is 0.750. The van der Waals surface area contributed by atoms with E-state index in [1.54, 1.807) is 11.8 Å². The Morgan fingerprint density at radius 1 is 1.48 bits per heavy atom. The van der Waals surface area contributed by atoms with Gasteiger partial charge in [-0.25, -0.2) is 18.1 Å². The van der Waals surface area contributed by atoms with Gasteiger partial charge in [0.1, 0.15) is 0 Å². The quantitative estimate of drug-likeness (QED) is 0.734. The summed E-state index contributed by atoms with van der Waals surface area (Å²) in [6.07, 6.45) is 5.41. The highest BCUT2D eigenvalue weighted by Crippen LogP contribution is 2.25. The molecule has 25 heavy (non-hydrogen) atoms. The van der Waals surface area contributed by atoms with E-state index in [1.807, 2.05) is 12.3 Å².